The van der Waals surface area contributed by atoms with Crippen molar-refractivity contribution >= 4 is 33.5 Å². The standard InChI is InChI=1S/C12H9BrF3NO4/c13-7-5-6(1-2-8(7)21-12(14,15)16)17-9(18)11(3-4-11)10(19)20/h1-2,5H,3-4H2,(H,17,18)(H,19,20). The number of aliphatic carboxylic acids is 1. The third kappa shape index (κ3) is 3.46. The first-order chi connectivity index (χ1) is 9.64. The zero-order chi connectivity index (χ0) is 15.8. The molecule has 1 aromatic carbocycles. The maximum Gasteiger partial charge on any atom is 0.573 e. The van der Waals surface area contributed by atoms with Gasteiger partial charge in [0, 0.05) is 5.69 Å². The summed E-state index contributed by atoms with van der Waals surface area (Å²) in [7, 11) is 0. The highest BCUT2D eigenvalue weighted by molar-refractivity contribution is 9.10. The number of anilines is 1. The number of carboxylic acid groups (broad SMARTS) is 1. The fraction of sp³-hybridized carbons (Fsp3) is 0.333. The van der Waals surface area contributed by atoms with Crippen LogP contribution < -0.4 is 10.1 Å². The Morgan fingerprint density at radius 1 is 1.33 bits per heavy atom. The van der Waals surface area contributed by atoms with Gasteiger partial charge in [0.15, 0.2) is 0 Å². The Bertz CT molecular complexity index is 599. The molecular formula is C12H9BrF3NO4. The third-order valence-corrected chi connectivity index (χ3v) is 3.63. The summed E-state index contributed by atoms with van der Waals surface area (Å²) in [5.41, 5.74) is -1.25. The first-order valence-electron chi connectivity index (χ1n) is 5.74. The zero-order valence-electron chi connectivity index (χ0n) is 10.3. The van der Waals surface area contributed by atoms with E-state index in [1.807, 2.05) is 0 Å². The Hall–Kier alpha value is -1.77. The second kappa shape index (κ2) is 5.21. The van der Waals surface area contributed by atoms with E-state index in [0.29, 0.717) is 0 Å². The molecular weight excluding hydrogens is 359 g/mol. The molecule has 21 heavy (non-hydrogen) atoms. The largest absolute Gasteiger partial charge is 0.573 e. The van der Waals surface area contributed by atoms with Gasteiger partial charge in [-0.05, 0) is 47.0 Å². The second-order valence-corrected chi connectivity index (χ2v) is 5.39. The van der Waals surface area contributed by atoms with Gasteiger partial charge in [-0.15, -0.1) is 13.2 Å². The van der Waals surface area contributed by atoms with Gasteiger partial charge >= 0.3 is 12.3 Å². The van der Waals surface area contributed by atoms with E-state index in [4.69, 9.17) is 5.11 Å². The minimum atomic E-state index is -4.82. The topological polar surface area (TPSA) is 75.6 Å². The van der Waals surface area contributed by atoms with Crippen molar-refractivity contribution in [3.8, 4) is 5.75 Å². The minimum absolute atomic E-state index is 0.0159. The molecule has 2 N–H and O–H groups in total. The molecule has 1 amide bonds. The van der Waals surface area contributed by atoms with Crippen LogP contribution in [0.5, 0.6) is 5.75 Å². The number of rotatable bonds is 4. The number of halogens is 4. The summed E-state index contributed by atoms with van der Waals surface area (Å²) in [6.45, 7) is 0. The fourth-order valence-electron chi connectivity index (χ4n) is 1.70. The SMILES string of the molecule is O=C(O)C1(C(=O)Nc2ccc(OC(F)(F)F)c(Br)c2)CC1. The van der Waals surface area contributed by atoms with Crippen LogP contribution in [-0.2, 0) is 9.59 Å². The van der Waals surface area contributed by atoms with Crippen LogP contribution in [0, 0.1) is 5.41 Å². The van der Waals surface area contributed by atoms with Crippen molar-refractivity contribution in [2.45, 2.75) is 19.2 Å². The third-order valence-electron chi connectivity index (χ3n) is 3.01. The predicted molar refractivity (Wildman–Crippen MR) is 68.8 cm³/mol. The molecule has 1 fully saturated rings. The first kappa shape index (κ1) is 15.6. The van der Waals surface area contributed by atoms with Gasteiger partial charge in [0.25, 0.3) is 0 Å². The van der Waals surface area contributed by atoms with Gasteiger partial charge in [-0.3, -0.25) is 9.59 Å². The maximum absolute atomic E-state index is 12.1. The molecule has 9 heteroatoms. The molecule has 1 aliphatic carbocycles. The molecule has 114 valence electrons. The van der Waals surface area contributed by atoms with Crippen molar-refractivity contribution in [2.24, 2.45) is 5.41 Å². The van der Waals surface area contributed by atoms with E-state index in [-0.39, 0.29) is 23.0 Å². The number of carboxylic acids is 1. The highest BCUT2D eigenvalue weighted by atomic mass is 79.9. The Morgan fingerprint density at radius 2 is 1.95 bits per heavy atom. The van der Waals surface area contributed by atoms with Crippen molar-refractivity contribution in [3.63, 3.8) is 0 Å². The van der Waals surface area contributed by atoms with E-state index < -0.39 is 29.4 Å². The van der Waals surface area contributed by atoms with Crippen LogP contribution in [0.2, 0.25) is 0 Å². The van der Waals surface area contributed by atoms with Crippen molar-refractivity contribution in [2.75, 3.05) is 5.32 Å². The molecule has 0 aliphatic heterocycles. The molecule has 0 aromatic heterocycles. The molecule has 0 atom stereocenters. The Morgan fingerprint density at radius 3 is 2.38 bits per heavy atom. The number of amides is 1. The van der Waals surface area contributed by atoms with E-state index >= 15 is 0 Å². The lowest BCUT2D eigenvalue weighted by Gasteiger charge is -2.13. The molecule has 0 heterocycles. The average Bonchev–Trinajstić information content (AvgIpc) is 3.12. The molecule has 0 saturated heterocycles. The highest BCUT2D eigenvalue weighted by Gasteiger charge is 2.57. The fourth-order valence-corrected chi connectivity index (χ4v) is 2.16. The molecule has 1 aliphatic rings. The number of hydrogen-bond acceptors (Lipinski definition) is 3. The van der Waals surface area contributed by atoms with Gasteiger partial charge in [-0.25, -0.2) is 0 Å². The number of hydrogen-bond donors (Lipinski definition) is 2. The smallest absolute Gasteiger partial charge is 0.480 e. The number of carbonyl (C=O) groups excluding carboxylic acids is 1. The number of carbonyl (C=O) groups is 2. The van der Waals surface area contributed by atoms with E-state index in [1.54, 1.807) is 0 Å². The molecule has 5 nitrogen and oxygen atoms in total. The highest BCUT2D eigenvalue weighted by Crippen LogP contribution is 2.47. The van der Waals surface area contributed by atoms with Crippen LogP contribution >= 0.6 is 15.9 Å². The second-order valence-electron chi connectivity index (χ2n) is 4.53. The van der Waals surface area contributed by atoms with Crippen molar-refractivity contribution in [1.82, 2.24) is 0 Å². The maximum atomic E-state index is 12.1. The zero-order valence-corrected chi connectivity index (χ0v) is 11.9. The molecule has 1 aromatic rings. The van der Waals surface area contributed by atoms with Crippen molar-refractivity contribution < 1.29 is 32.6 Å². The van der Waals surface area contributed by atoms with Crippen LogP contribution in [0.1, 0.15) is 12.8 Å². The van der Waals surface area contributed by atoms with Gasteiger partial charge in [0.05, 0.1) is 4.47 Å². The van der Waals surface area contributed by atoms with Crippen molar-refractivity contribution in [3.05, 3.63) is 22.7 Å². The summed E-state index contributed by atoms with van der Waals surface area (Å²) in [5, 5.41) is 11.3. The summed E-state index contributed by atoms with van der Waals surface area (Å²) in [4.78, 5) is 22.8. The number of alkyl halides is 3. The van der Waals surface area contributed by atoms with Crippen LogP contribution in [0.4, 0.5) is 18.9 Å². The van der Waals surface area contributed by atoms with E-state index in [9.17, 15) is 22.8 Å². The predicted octanol–water partition coefficient (Wildman–Crippen LogP) is 3.15. The van der Waals surface area contributed by atoms with Crippen LogP contribution in [0.25, 0.3) is 0 Å². The van der Waals surface area contributed by atoms with Crippen molar-refractivity contribution in [1.29, 1.82) is 0 Å². The first-order valence-corrected chi connectivity index (χ1v) is 6.53. The van der Waals surface area contributed by atoms with Crippen LogP contribution in [0.15, 0.2) is 22.7 Å². The van der Waals surface area contributed by atoms with E-state index in [2.05, 4.69) is 26.0 Å². The molecule has 1 saturated carbocycles. The molecule has 0 unspecified atom stereocenters. The van der Waals surface area contributed by atoms with Crippen LogP contribution in [-0.4, -0.2) is 23.3 Å². The lowest BCUT2D eigenvalue weighted by atomic mass is 10.1. The lowest BCUT2D eigenvalue weighted by molar-refractivity contribution is -0.274. The summed E-state index contributed by atoms with van der Waals surface area (Å²) >= 11 is 2.89. The Labute approximate surface area is 125 Å². The number of nitrogens with one attached hydrogen (secondary N) is 1. The summed E-state index contributed by atoms with van der Waals surface area (Å²) in [6, 6.07) is 3.42. The normalized spacial score (nSPS) is 16.2. The van der Waals surface area contributed by atoms with Gasteiger partial charge in [-0.2, -0.15) is 0 Å². The van der Waals surface area contributed by atoms with Gasteiger partial charge in [0.1, 0.15) is 11.2 Å². The molecule has 0 bridgehead atoms. The lowest BCUT2D eigenvalue weighted by Crippen LogP contribution is -2.31. The van der Waals surface area contributed by atoms with Gasteiger partial charge < -0.3 is 15.2 Å². The Kier molecular flexibility index (Phi) is 3.87. The summed E-state index contributed by atoms with van der Waals surface area (Å²) in [5.74, 6) is -2.36. The average molecular weight is 368 g/mol. The summed E-state index contributed by atoms with van der Waals surface area (Å²) in [6.07, 6.45) is -4.34. The van der Waals surface area contributed by atoms with Crippen LogP contribution in [0.3, 0.4) is 0 Å². The summed E-state index contributed by atoms with van der Waals surface area (Å²) < 4.78 is 40.1. The quantitative estimate of drug-likeness (QED) is 0.801. The number of ether oxygens (including phenoxy) is 1. The molecule has 2 rings (SSSR count). The Balaban J connectivity index is 2.11. The van der Waals surface area contributed by atoms with E-state index in [0.717, 1.165) is 6.07 Å². The van der Waals surface area contributed by atoms with Gasteiger partial charge in [-0.1, -0.05) is 0 Å². The number of benzene rings is 1. The van der Waals surface area contributed by atoms with Gasteiger partial charge in [0.2, 0.25) is 5.91 Å². The van der Waals surface area contributed by atoms with E-state index in [1.165, 1.54) is 12.1 Å². The molecule has 0 radical (unpaired) electrons. The monoisotopic (exact) mass is 367 g/mol. The molecule has 0 spiro atoms. The minimum Gasteiger partial charge on any atom is -0.480 e.